The van der Waals surface area contributed by atoms with Crippen molar-refractivity contribution in [3.05, 3.63) is 52.2 Å². The van der Waals surface area contributed by atoms with Gasteiger partial charge in [-0.05, 0) is 42.0 Å². The Hall–Kier alpha value is -2.78. The number of benzene rings is 1. The molecule has 8 rings (SSSR count). The molecule has 4 aromatic rings. The molecule has 7 nitrogen and oxygen atoms in total. The van der Waals surface area contributed by atoms with Crippen molar-refractivity contribution in [2.75, 3.05) is 26.2 Å². The smallest absolute Gasteiger partial charge is 0.234 e. The Kier molecular flexibility index (Phi) is 5.53. The second-order valence-electron chi connectivity index (χ2n) is 12.5. The van der Waals surface area contributed by atoms with Crippen molar-refractivity contribution in [1.82, 2.24) is 19.7 Å². The number of carbonyl (C=O) groups is 2. The number of likely N-dealkylation sites (tertiary alicyclic amines) is 1. The molecular weight excluding hydrogens is 544 g/mol. The summed E-state index contributed by atoms with van der Waals surface area (Å²) in [6.45, 7) is 9.54. The highest BCUT2D eigenvalue weighted by molar-refractivity contribution is 7.19. The first-order valence-corrected chi connectivity index (χ1v) is 15.4. The third-order valence-electron chi connectivity index (χ3n) is 9.54. The molecule has 0 bridgehead atoms. The van der Waals surface area contributed by atoms with E-state index in [0.29, 0.717) is 11.6 Å². The molecule has 2 atom stereocenters. The maximum atomic E-state index is 13.0. The highest BCUT2D eigenvalue weighted by Crippen LogP contribution is 2.63. The van der Waals surface area contributed by atoms with Gasteiger partial charge >= 0.3 is 0 Å². The number of piperidine rings is 1. The van der Waals surface area contributed by atoms with Gasteiger partial charge in [0.15, 0.2) is 0 Å². The standard InChI is InChI=1S/C31H31ClN4O3S/c1-31(2)26-27(31)30(38)36(29(26)37)15-20-13-23-28(40-20)21(5-6-33-23)22-11-18(32)12-24-25(22)17(16-39-24)14-34-7-9-35(10-8-34)19-3-4-19/h5-6,11-13,16,19,26-27H,3-4,7-10,14-15H2,1-2H3. The van der Waals surface area contributed by atoms with E-state index < -0.39 is 0 Å². The molecule has 3 aromatic heterocycles. The Bertz CT molecular complexity index is 1670. The van der Waals surface area contributed by atoms with Crippen LogP contribution in [0, 0.1) is 17.3 Å². The van der Waals surface area contributed by atoms with Crippen molar-refractivity contribution in [2.45, 2.75) is 45.8 Å². The molecule has 2 aliphatic heterocycles. The van der Waals surface area contributed by atoms with Gasteiger partial charge in [-0.1, -0.05) is 25.4 Å². The van der Waals surface area contributed by atoms with Gasteiger partial charge in [0.2, 0.25) is 11.8 Å². The average molecular weight is 575 g/mol. The van der Waals surface area contributed by atoms with E-state index in [1.807, 2.05) is 50.6 Å². The number of carbonyl (C=O) groups excluding carboxylic acids is 2. The number of furan rings is 1. The third-order valence-corrected chi connectivity index (χ3v) is 10.9. The molecule has 2 aliphatic carbocycles. The van der Waals surface area contributed by atoms with Crippen LogP contribution in [0.1, 0.15) is 37.1 Å². The lowest BCUT2D eigenvalue weighted by Gasteiger charge is -2.34. The van der Waals surface area contributed by atoms with Crippen LogP contribution < -0.4 is 0 Å². The van der Waals surface area contributed by atoms with E-state index in [9.17, 15) is 9.59 Å². The van der Waals surface area contributed by atoms with Gasteiger partial charge in [0.05, 0.1) is 34.9 Å². The van der Waals surface area contributed by atoms with Crippen LogP contribution >= 0.6 is 22.9 Å². The fourth-order valence-electron chi connectivity index (χ4n) is 7.09. The lowest BCUT2D eigenvalue weighted by molar-refractivity contribution is -0.143. The Morgan fingerprint density at radius 1 is 1.02 bits per heavy atom. The average Bonchev–Trinajstić information content (AvgIpc) is 3.73. The van der Waals surface area contributed by atoms with Crippen LogP contribution in [0.2, 0.25) is 5.02 Å². The minimum absolute atomic E-state index is 0.0387. The van der Waals surface area contributed by atoms with E-state index in [2.05, 4.69) is 14.8 Å². The number of hydrogen-bond acceptors (Lipinski definition) is 7. The van der Waals surface area contributed by atoms with Crippen LogP contribution in [-0.2, 0) is 22.7 Å². The fraction of sp³-hybridized carbons (Fsp3) is 0.452. The summed E-state index contributed by atoms with van der Waals surface area (Å²) in [6, 6.07) is 8.77. The Balaban J connectivity index is 1.12. The predicted molar refractivity (Wildman–Crippen MR) is 156 cm³/mol. The van der Waals surface area contributed by atoms with Crippen LogP contribution in [0.4, 0.5) is 0 Å². The molecule has 4 aliphatic rings. The number of halogens is 1. The van der Waals surface area contributed by atoms with Crippen LogP contribution in [-0.4, -0.2) is 63.7 Å². The maximum Gasteiger partial charge on any atom is 0.234 e. The van der Waals surface area contributed by atoms with Gasteiger partial charge in [-0.25, -0.2) is 0 Å². The number of hydrogen-bond donors (Lipinski definition) is 0. The van der Waals surface area contributed by atoms with Crippen molar-refractivity contribution in [2.24, 2.45) is 17.3 Å². The molecule has 1 aromatic carbocycles. The lowest BCUT2D eigenvalue weighted by atomic mass is 9.99. The largest absolute Gasteiger partial charge is 0.464 e. The van der Waals surface area contributed by atoms with Crippen molar-refractivity contribution < 1.29 is 14.0 Å². The van der Waals surface area contributed by atoms with Gasteiger partial charge < -0.3 is 4.42 Å². The molecule has 9 heteroatoms. The Morgan fingerprint density at radius 3 is 2.50 bits per heavy atom. The number of amides is 2. The fourth-order valence-corrected chi connectivity index (χ4v) is 8.43. The zero-order valence-corrected chi connectivity index (χ0v) is 24.2. The quantitative estimate of drug-likeness (QED) is 0.272. The summed E-state index contributed by atoms with van der Waals surface area (Å²) in [6.07, 6.45) is 6.41. The monoisotopic (exact) mass is 574 g/mol. The number of aromatic nitrogens is 1. The summed E-state index contributed by atoms with van der Waals surface area (Å²) < 4.78 is 7.07. The minimum Gasteiger partial charge on any atom is -0.464 e. The number of rotatable bonds is 6. The number of thiophene rings is 1. The zero-order valence-electron chi connectivity index (χ0n) is 22.7. The van der Waals surface area contributed by atoms with Gasteiger partial charge in [-0.3, -0.25) is 29.3 Å². The van der Waals surface area contributed by atoms with Crippen LogP contribution in [0.25, 0.3) is 32.3 Å². The van der Waals surface area contributed by atoms with Crippen LogP contribution in [0.5, 0.6) is 0 Å². The first-order chi connectivity index (χ1) is 19.3. The highest BCUT2D eigenvalue weighted by atomic mass is 35.5. The molecule has 0 N–H and O–H groups in total. The van der Waals surface area contributed by atoms with E-state index >= 15 is 0 Å². The first-order valence-electron chi connectivity index (χ1n) is 14.2. The molecule has 206 valence electrons. The van der Waals surface area contributed by atoms with Crippen molar-refractivity contribution in [3.8, 4) is 11.1 Å². The van der Waals surface area contributed by atoms with E-state index in [-0.39, 0.29) is 29.1 Å². The maximum absolute atomic E-state index is 13.0. The number of nitrogens with zero attached hydrogens (tertiary/aromatic N) is 4. The Labute approximate surface area is 241 Å². The van der Waals surface area contributed by atoms with E-state index in [1.165, 1.54) is 23.3 Å². The van der Waals surface area contributed by atoms with E-state index in [0.717, 1.165) is 76.0 Å². The number of pyridine rings is 1. The number of fused-ring (bicyclic) bond motifs is 3. The topological polar surface area (TPSA) is 69.9 Å². The predicted octanol–water partition coefficient (Wildman–Crippen LogP) is 5.78. The van der Waals surface area contributed by atoms with Crippen molar-refractivity contribution in [1.29, 1.82) is 0 Å². The molecule has 0 radical (unpaired) electrons. The second-order valence-corrected chi connectivity index (χ2v) is 14.0. The van der Waals surface area contributed by atoms with Gasteiger partial charge in [0.25, 0.3) is 0 Å². The molecule has 2 saturated carbocycles. The summed E-state index contributed by atoms with van der Waals surface area (Å²) in [5, 5.41) is 1.71. The van der Waals surface area contributed by atoms with Crippen LogP contribution in [0.3, 0.4) is 0 Å². The second kappa shape index (κ2) is 8.86. The van der Waals surface area contributed by atoms with Gasteiger partial charge in [-0.15, -0.1) is 11.3 Å². The summed E-state index contributed by atoms with van der Waals surface area (Å²) in [7, 11) is 0. The van der Waals surface area contributed by atoms with Crippen LogP contribution in [0.15, 0.2) is 41.1 Å². The zero-order chi connectivity index (χ0) is 27.3. The summed E-state index contributed by atoms with van der Waals surface area (Å²) in [4.78, 5) is 38.1. The summed E-state index contributed by atoms with van der Waals surface area (Å²) in [5.74, 6) is -0.413. The van der Waals surface area contributed by atoms with Gasteiger partial charge in [0, 0.05) is 77.4 Å². The molecule has 2 amide bonds. The van der Waals surface area contributed by atoms with E-state index in [1.54, 1.807) is 11.3 Å². The summed E-state index contributed by atoms with van der Waals surface area (Å²) >= 11 is 8.19. The van der Waals surface area contributed by atoms with Crippen molar-refractivity contribution in [3.63, 3.8) is 0 Å². The molecule has 5 heterocycles. The third kappa shape index (κ3) is 3.87. The molecule has 0 spiro atoms. The van der Waals surface area contributed by atoms with Gasteiger partial charge in [-0.2, -0.15) is 0 Å². The lowest BCUT2D eigenvalue weighted by Crippen LogP contribution is -2.46. The molecule has 40 heavy (non-hydrogen) atoms. The molecule has 2 saturated heterocycles. The minimum atomic E-state index is -0.204. The number of piperazine rings is 1. The first kappa shape index (κ1) is 25.0. The highest BCUT2D eigenvalue weighted by Gasteiger charge is 2.72. The molecule has 4 fully saturated rings. The van der Waals surface area contributed by atoms with Crippen molar-refractivity contribution >= 4 is 55.9 Å². The van der Waals surface area contributed by atoms with E-state index in [4.69, 9.17) is 16.0 Å². The van der Waals surface area contributed by atoms with Gasteiger partial charge in [0.1, 0.15) is 5.58 Å². The normalized spacial score (nSPS) is 24.9. The number of imide groups is 1. The SMILES string of the molecule is CC1(C)C2C(=O)N(Cc3cc4nccc(-c5cc(Cl)cc6occ(CN7CCN(C8CC8)CC7)c56)c4s3)C(=O)C21. The summed E-state index contributed by atoms with van der Waals surface area (Å²) in [5.41, 5.74) is 4.67. The molecule has 2 unspecified atom stereocenters. The Morgan fingerprint density at radius 2 is 1.77 bits per heavy atom. The molecular formula is C31H31ClN4O3S.